The molecule has 0 saturated carbocycles. The van der Waals surface area contributed by atoms with E-state index < -0.39 is 18.5 Å². The fourth-order valence-electron chi connectivity index (χ4n) is 1.55. The molecule has 8 heteroatoms. The van der Waals surface area contributed by atoms with Crippen LogP contribution < -0.4 is 5.30 Å². The molecule has 0 bridgehead atoms. The summed E-state index contributed by atoms with van der Waals surface area (Å²) in [6.45, 7) is 0. The van der Waals surface area contributed by atoms with Crippen LogP contribution in [0.5, 0.6) is 0 Å². The predicted octanol–water partition coefficient (Wildman–Crippen LogP) is 2.26. The first-order valence-electron chi connectivity index (χ1n) is 5.77. The Kier molecular flexibility index (Phi) is 4.16. The SMILES string of the molecule is O=C(OP(=O)(O)c1ccc([N+](=O)[O-])cc1)c1ccccc1. The van der Waals surface area contributed by atoms with Gasteiger partial charge in [-0.25, -0.2) is 9.36 Å². The second kappa shape index (κ2) is 5.87. The Morgan fingerprint density at radius 2 is 1.67 bits per heavy atom. The molecule has 2 rings (SSSR count). The standard InChI is InChI=1S/C13H10NO6P/c15-13(10-4-2-1-3-5-10)20-21(18,19)12-8-6-11(7-9-12)14(16)17/h1-9H,(H,18,19). The van der Waals surface area contributed by atoms with E-state index in [0.717, 1.165) is 24.3 Å². The molecule has 1 unspecified atom stereocenters. The first kappa shape index (κ1) is 14.9. The highest BCUT2D eigenvalue weighted by Crippen LogP contribution is 2.41. The maximum atomic E-state index is 12.0. The summed E-state index contributed by atoms with van der Waals surface area (Å²) in [5.74, 6) is -0.945. The Morgan fingerprint density at radius 3 is 2.19 bits per heavy atom. The molecule has 0 amide bonds. The molecular weight excluding hydrogens is 297 g/mol. The molecule has 0 aliphatic heterocycles. The lowest BCUT2D eigenvalue weighted by atomic mass is 10.2. The topological polar surface area (TPSA) is 107 Å². The minimum absolute atomic E-state index is 0.133. The first-order valence-corrected chi connectivity index (χ1v) is 7.35. The number of non-ortho nitro benzene ring substituents is 1. The van der Waals surface area contributed by atoms with Gasteiger partial charge in [-0.3, -0.25) is 10.1 Å². The Hall–Kier alpha value is -2.50. The Bertz CT molecular complexity index is 713. The lowest BCUT2D eigenvalue weighted by Gasteiger charge is -2.11. The van der Waals surface area contributed by atoms with Gasteiger partial charge < -0.3 is 9.42 Å². The Balaban J connectivity index is 2.20. The van der Waals surface area contributed by atoms with Gasteiger partial charge in [-0.1, -0.05) is 18.2 Å². The van der Waals surface area contributed by atoms with E-state index in [1.807, 2.05) is 0 Å². The second-order valence-electron chi connectivity index (χ2n) is 4.04. The number of nitro benzene ring substituents is 1. The normalized spacial score (nSPS) is 13.2. The zero-order valence-corrected chi connectivity index (χ0v) is 11.5. The number of carbonyl (C=O) groups is 1. The number of nitro groups is 1. The molecule has 7 nitrogen and oxygen atoms in total. The van der Waals surface area contributed by atoms with Gasteiger partial charge in [0.2, 0.25) is 0 Å². The van der Waals surface area contributed by atoms with Crippen molar-refractivity contribution in [2.45, 2.75) is 0 Å². The third kappa shape index (κ3) is 3.53. The van der Waals surface area contributed by atoms with E-state index in [0.29, 0.717) is 0 Å². The van der Waals surface area contributed by atoms with Crippen LogP contribution in [0.4, 0.5) is 5.69 Å². The minimum Gasteiger partial charge on any atom is -0.385 e. The summed E-state index contributed by atoms with van der Waals surface area (Å²) in [5, 5.41) is 10.3. The van der Waals surface area contributed by atoms with E-state index in [-0.39, 0.29) is 16.6 Å². The molecule has 21 heavy (non-hydrogen) atoms. The lowest BCUT2D eigenvalue weighted by Crippen LogP contribution is -2.11. The molecule has 0 aromatic heterocycles. The average molecular weight is 307 g/mol. The molecule has 0 saturated heterocycles. The van der Waals surface area contributed by atoms with Crippen molar-refractivity contribution in [3.05, 3.63) is 70.3 Å². The first-order chi connectivity index (χ1) is 9.90. The molecule has 108 valence electrons. The molecule has 0 fully saturated rings. The monoisotopic (exact) mass is 307 g/mol. The van der Waals surface area contributed by atoms with Crippen molar-refractivity contribution in [1.29, 1.82) is 0 Å². The van der Waals surface area contributed by atoms with Crippen molar-refractivity contribution >= 4 is 24.6 Å². The summed E-state index contributed by atoms with van der Waals surface area (Å²) in [6.07, 6.45) is 0. The summed E-state index contributed by atoms with van der Waals surface area (Å²) in [5.41, 5.74) is -0.0955. The predicted molar refractivity (Wildman–Crippen MR) is 74.4 cm³/mol. The van der Waals surface area contributed by atoms with Gasteiger partial charge in [0, 0.05) is 12.1 Å². The van der Waals surface area contributed by atoms with Gasteiger partial charge >= 0.3 is 13.6 Å². The van der Waals surface area contributed by atoms with Crippen LogP contribution in [-0.2, 0) is 9.09 Å². The number of hydrogen-bond donors (Lipinski definition) is 1. The molecule has 0 spiro atoms. The van der Waals surface area contributed by atoms with Gasteiger partial charge in [-0.15, -0.1) is 0 Å². The van der Waals surface area contributed by atoms with Gasteiger partial charge in [0.25, 0.3) is 5.69 Å². The smallest absolute Gasteiger partial charge is 0.385 e. The van der Waals surface area contributed by atoms with Crippen molar-refractivity contribution in [2.24, 2.45) is 0 Å². The third-order valence-electron chi connectivity index (χ3n) is 2.60. The van der Waals surface area contributed by atoms with E-state index in [4.69, 9.17) is 0 Å². The van der Waals surface area contributed by atoms with E-state index in [2.05, 4.69) is 4.52 Å². The zero-order valence-electron chi connectivity index (χ0n) is 10.6. The van der Waals surface area contributed by atoms with E-state index in [9.17, 15) is 24.4 Å². The van der Waals surface area contributed by atoms with Crippen molar-refractivity contribution in [2.75, 3.05) is 0 Å². The quantitative estimate of drug-likeness (QED) is 0.527. The molecule has 0 radical (unpaired) electrons. The van der Waals surface area contributed by atoms with Crippen LogP contribution in [0.1, 0.15) is 10.4 Å². The summed E-state index contributed by atoms with van der Waals surface area (Å²) >= 11 is 0. The average Bonchev–Trinajstić information content (AvgIpc) is 2.48. The minimum atomic E-state index is -4.39. The van der Waals surface area contributed by atoms with Crippen molar-refractivity contribution in [3.63, 3.8) is 0 Å². The number of hydrogen-bond acceptors (Lipinski definition) is 5. The molecule has 2 aromatic rings. The van der Waals surface area contributed by atoms with Gasteiger partial charge in [-0.2, -0.15) is 0 Å². The summed E-state index contributed by atoms with van der Waals surface area (Å²) in [6, 6.07) is 12.0. The lowest BCUT2D eigenvalue weighted by molar-refractivity contribution is -0.384. The highest BCUT2D eigenvalue weighted by molar-refractivity contribution is 7.61. The third-order valence-corrected chi connectivity index (χ3v) is 3.97. The number of nitrogens with zero attached hydrogens (tertiary/aromatic N) is 1. The largest absolute Gasteiger partial charge is 0.410 e. The van der Waals surface area contributed by atoms with Crippen LogP contribution in [0, 0.1) is 10.1 Å². The van der Waals surface area contributed by atoms with E-state index in [1.54, 1.807) is 18.2 Å². The number of carbonyl (C=O) groups excluding carboxylic acids is 1. The Morgan fingerprint density at radius 1 is 1.10 bits per heavy atom. The van der Waals surface area contributed by atoms with Gasteiger partial charge in [0.15, 0.2) is 0 Å². The van der Waals surface area contributed by atoms with Crippen LogP contribution in [0.25, 0.3) is 0 Å². The van der Waals surface area contributed by atoms with Crippen molar-refractivity contribution < 1.29 is 23.7 Å². The molecule has 0 aliphatic rings. The van der Waals surface area contributed by atoms with E-state index in [1.165, 1.54) is 12.1 Å². The van der Waals surface area contributed by atoms with Crippen LogP contribution in [0.2, 0.25) is 0 Å². The highest BCUT2D eigenvalue weighted by Gasteiger charge is 2.28. The molecule has 0 heterocycles. The molecule has 0 aliphatic carbocycles. The maximum Gasteiger partial charge on any atom is 0.410 e. The zero-order chi connectivity index (χ0) is 15.5. The molecule has 1 atom stereocenters. The highest BCUT2D eigenvalue weighted by atomic mass is 31.2. The summed E-state index contributed by atoms with van der Waals surface area (Å²) < 4.78 is 16.6. The maximum absolute atomic E-state index is 12.0. The number of benzene rings is 2. The van der Waals surface area contributed by atoms with Crippen LogP contribution in [-0.4, -0.2) is 15.8 Å². The second-order valence-corrected chi connectivity index (χ2v) is 5.78. The number of rotatable bonds is 4. The van der Waals surface area contributed by atoms with Gasteiger partial charge in [0.05, 0.1) is 15.8 Å². The summed E-state index contributed by atoms with van der Waals surface area (Å²) in [7, 11) is -4.39. The van der Waals surface area contributed by atoms with E-state index >= 15 is 0 Å². The fraction of sp³-hybridized carbons (Fsp3) is 0. The van der Waals surface area contributed by atoms with Gasteiger partial charge in [0.1, 0.15) is 0 Å². The van der Waals surface area contributed by atoms with Crippen LogP contribution in [0.3, 0.4) is 0 Å². The van der Waals surface area contributed by atoms with Crippen LogP contribution in [0.15, 0.2) is 54.6 Å². The molecule has 2 aromatic carbocycles. The van der Waals surface area contributed by atoms with Crippen molar-refractivity contribution in [3.8, 4) is 0 Å². The van der Waals surface area contributed by atoms with Gasteiger partial charge in [-0.05, 0) is 24.3 Å². The molecular formula is C13H10NO6P. The molecule has 1 N–H and O–H groups in total. The fourth-order valence-corrected chi connectivity index (χ4v) is 2.52. The van der Waals surface area contributed by atoms with Crippen molar-refractivity contribution in [1.82, 2.24) is 0 Å². The summed E-state index contributed by atoms with van der Waals surface area (Å²) in [4.78, 5) is 31.4. The Labute approximate surface area is 119 Å². The van der Waals surface area contributed by atoms with Crippen LogP contribution >= 0.6 is 7.60 Å².